The Kier molecular flexibility index (Phi) is 8.92. The molecule has 33 heavy (non-hydrogen) atoms. The number of thiophene rings is 1. The first-order chi connectivity index (χ1) is 15.7. The van der Waals surface area contributed by atoms with Crippen LogP contribution in [0.15, 0.2) is 34.5 Å². The third-order valence-corrected chi connectivity index (χ3v) is 8.77. The molecule has 1 N–H and O–H groups in total. The zero-order valence-electron chi connectivity index (χ0n) is 20.0. The van der Waals surface area contributed by atoms with Crippen LogP contribution in [0.25, 0.3) is 0 Å². The maximum Gasteiger partial charge on any atom is 0.243 e. The van der Waals surface area contributed by atoms with Gasteiger partial charge in [-0.2, -0.15) is 4.31 Å². The second-order valence-corrected chi connectivity index (χ2v) is 11.6. The summed E-state index contributed by atoms with van der Waals surface area (Å²) in [6.07, 6.45) is 2.79. The van der Waals surface area contributed by atoms with Crippen LogP contribution < -0.4 is 10.1 Å². The number of sulfonamides is 1. The Bertz CT molecular complexity index is 1040. The number of carbonyl (C=O) groups excluding carboxylic acids is 1. The Hall–Kier alpha value is -1.94. The van der Waals surface area contributed by atoms with Gasteiger partial charge in [-0.25, -0.2) is 8.42 Å². The Morgan fingerprint density at radius 2 is 1.94 bits per heavy atom. The third kappa shape index (κ3) is 6.56. The number of hydrogen-bond donors (Lipinski definition) is 1. The highest BCUT2D eigenvalue weighted by Gasteiger charge is 2.27. The molecule has 0 spiro atoms. The van der Waals surface area contributed by atoms with E-state index in [1.165, 1.54) is 20.8 Å². The first kappa shape index (κ1) is 25.7. The van der Waals surface area contributed by atoms with Crippen LogP contribution in [0.4, 0.5) is 5.69 Å². The fourth-order valence-electron chi connectivity index (χ4n) is 3.85. The highest BCUT2D eigenvalue weighted by atomic mass is 32.2. The molecule has 1 fully saturated rings. The minimum Gasteiger partial charge on any atom is -0.492 e. The van der Waals surface area contributed by atoms with E-state index in [0.717, 1.165) is 19.3 Å². The van der Waals surface area contributed by atoms with Gasteiger partial charge in [0, 0.05) is 30.6 Å². The molecule has 0 atom stereocenters. The standard InChI is InChI=1S/C24H35N3O4S2/c1-5-31-22-10-9-20(33(29,30)27-12-7-6-8-13-27)15-21(22)25-24(28)17-26(18(2)3)16-23-19(4)11-14-32-23/h9-11,14-15,18H,5-8,12-13,16-17H2,1-4H3,(H,25,28). The quantitative estimate of drug-likeness (QED) is 0.528. The van der Waals surface area contributed by atoms with Gasteiger partial charge < -0.3 is 10.1 Å². The second kappa shape index (κ2) is 11.5. The van der Waals surface area contributed by atoms with Gasteiger partial charge in [-0.15, -0.1) is 11.3 Å². The van der Waals surface area contributed by atoms with Crippen molar-refractivity contribution in [3.63, 3.8) is 0 Å². The minimum absolute atomic E-state index is 0.175. The molecular formula is C24H35N3O4S2. The van der Waals surface area contributed by atoms with E-state index < -0.39 is 10.0 Å². The Morgan fingerprint density at radius 3 is 2.55 bits per heavy atom. The number of rotatable bonds is 10. The summed E-state index contributed by atoms with van der Waals surface area (Å²) in [6.45, 7) is 10.4. The number of anilines is 1. The van der Waals surface area contributed by atoms with Crippen molar-refractivity contribution in [1.82, 2.24) is 9.21 Å². The lowest BCUT2D eigenvalue weighted by atomic mass is 10.2. The molecule has 1 aromatic heterocycles. The molecule has 0 aliphatic carbocycles. The SMILES string of the molecule is CCOc1ccc(S(=O)(=O)N2CCCCC2)cc1NC(=O)CN(Cc1sccc1C)C(C)C. The average molecular weight is 494 g/mol. The lowest BCUT2D eigenvalue weighted by Crippen LogP contribution is -2.37. The number of nitrogens with zero attached hydrogens (tertiary/aromatic N) is 2. The summed E-state index contributed by atoms with van der Waals surface area (Å²) < 4.78 is 33.5. The smallest absolute Gasteiger partial charge is 0.243 e. The summed E-state index contributed by atoms with van der Waals surface area (Å²) in [5.74, 6) is 0.264. The van der Waals surface area contributed by atoms with E-state index in [1.54, 1.807) is 23.5 Å². The van der Waals surface area contributed by atoms with E-state index in [-0.39, 0.29) is 23.4 Å². The van der Waals surface area contributed by atoms with Gasteiger partial charge >= 0.3 is 0 Å². The molecule has 0 bridgehead atoms. The number of piperidine rings is 1. The van der Waals surface area contributed by atoms with Gasteiger partial charge in [0.25, 0.3) is 0 Å². The van der Waals surface area contributed by atoms with Crippen molar-refractivity contribution in [2.75, 3.05) is 31.6 Å². The van der Waals surface area contributed by atoms with Gasteiger partial charge in [0.2, 0.25) is 15.9 Å². The first-order valence-electron chi connectivity index (χ1n) is 11.6. The molecule has 2 heterocycles. The number of aryl methyl sites for hydroxylation is 1. The minimum atomic E-state index is -3.61. The molecular weight excluding hydrogens is 458 g/mol. The zero-order valence-corrected chi connectivity index (χ0v) is 21.6. The zero-order chi connectivity index (χ0) is 24.0. The Labute approximate surface area is 201 Å². The topological polar surface area (TPSA) is 79.0 Å². The molecule has 2 aromatic rings. The molecule has 0 unspecified atom stereocenters. The van der Waals surface area contributed by atoms with E-state index >= 15 is 0 Å². The van der Waals surface area contributed by atoms with Crippen molar-refractivity contribution in [2.45, 2.75) is 64.4 Å². The maximum atomic E-state index is 13.1. The Morgan fingerprint density at radius 1 is 1.21 bits per heavy atom. The molecule has 9 heteroatoms. The summed E-state index contributed by atoms with van der Waals surface area (Å²) in [7, 11) is -3.61. The van der Waals surface area contributed by atoms with E-state index in [4.69, 9.17) is 4.74 Å². The van der Waals surface area contributed by atoms with Gasteiger partial charge in [0.15, 0.2) is 0 Å². The van der Waals surface area contributed by atoms with Crippen LogP contribution >= 0.6 is 11.3 Å². The van der Waals surface area contributed by atoms with Crippen molar-refractivity contribution >= 4 is 33.0 Å². The van der Waals surface area contributed by atoms with Gasteiger partial charge in [-0.3, -0.25) is 9.69 Å². The molecule has 1 aliphatic heterocycles. The molecule has 7 nitrogen and oxygen atoms in total. The average Bonchev–Trinajstić information content (AvgIpc) is 3.19. The number of amides is 1. The van der Waals surface area contributed by atoms with Crippen molar-refractivity contribution in [3.05, 3.63) is 40.1 Å². The monoisotopic (exact) mass is 493 g/mol. The molecule has 0 saturated carbocycles. The largest absolute Gasteiger partial charge is 0.492 e. The van der Waals surface area contributed by atoms with Crippen LogP contribution in [0.5, 0.6) is 5.75 Å². The molecule has 182 valence electrons. The van der Waals surface area contributed by atoms with E-state index in [9.17, 15) is 13.2 Å². The van der Waals surface area contributed by atoms with Crippen LogP contribution in [-0.4, -0.2) is 55.8 Å². The lowest BCUT2D eigenvalue weighted by molar-refractivity contribution is -0.117. The lowest BCUT2D eigenvalue weighted by Gasteiger charge is -2.27. The molecule has 0 radical (unpaired) electrons. The van der Waals surface area contributed by atoms with Gasteiger partial charge in [0.05, 0.1) is 23.7 Å². The summed E-state index contributed by atoms with van der Waals surface area (Å²) >= 11 is 1.69. The van der Waals surface area contributed by atoms with Crippen molar-refractivity contribution < 1.29 is 17.9 Å². The first-order valence-corrected chi connectivity index (χ1v) is 13.9. The van der Waals surface area contributed by atoms with Gasteiger partial charge in [0.1, 0.15) is 5.75 Å². The van der Waals surface area contributed by atoms with Crippen LogP contribution in [0.3, 0.4) is 0 Å². The van der Waals surface area contributed by atoms with E-state index in [2.05, 4.69) is 42.4 Å². The van der Waals surface area contributed by atoms with Gasteiger partial charge in [-0.1, -0.05) is 6.42 Å². The fourth-order valence-corrected chi connectivity index (χ4v) is 6.32. The highest BCUT2D eigenvalue weighted by molar-refractivity contribution is 7.89. The van der Waals surface area contributed by atoms with Crippen molar-refractivity contribution in [2.24, 2.45) is 0 Å². The molecule has 3 rings (SSSR count). The number of nitrogens with one attached hydrogen (secondary N) is 1. The van der Waals surface area contributed by atoms with E-state index in [1.807, 2.05) is 6.92 Å². The van der Waals surface area contributed by atoms with E-state index in [0.29, 0.717) is 37.7 Å². The number of hydrogen-bond acceptors (Lipinski definition) is 6. The summed E-state index contributed by atoms with van der Waals surface area (Å²) in [4.78, 5) is 16.5. The normalized spacial score (nSPS) is 15.2. The summed E-state index contributed by atoms with van der Waals surface area (Å²) in [5, 5.41) is 4.97. The van der Waals surface area contributed by atoms with Crippen molar-refractivity contribution in [3.8, 4) is 5.75 Å². The summed E-state index contributed by atoms with van der Waals surface area (Å²) in [5.41, 5.74) is 1.61. The number of carbonyl (C=O) groups is 1. The fraction of sp³-hybridized carbons (Fsp3) is 0.542. The molecule has 1 amide bonds. The number of benzene rings is 1. The maximum absolute atomic E-state index is 13.1. The molecule has 1 aliphatic rings. The molecule has 1 saturated heterocycles. The number of ether oxygens (including phenoxy) is 1. The predicted octanol–water partition coefficient (Wildman–Crippen LogP) is 4.48. The van der Waals surface area contributed by atoms with Crippen LogP contribution in [-0.2, 0) is 21.4 Å². The Balaban J connectivity index is 1.79. The van der Waals surface area contributed by atoms with Crippen LogP contribution in [0.1, 0.15) is 50.5 Å². The van der Waals surface area contributed by atoms with Crippen molar-refractivity contribution in [1.29, 1.82) is 0 Å². The molecule has 1 aromatic carbocycles. The predicted molar refractivity (Wildman–Crippen MR) is 133 cm³/mol. The summed E-state index contributed by atoms with van der Waals surface area (Å²) in [6, 6.07) is 6.97. The van der Waals surface area contributed by atoms with Gasteiger partial charge in [-0.05, 0) is 75.7 Å². The highest BCUT2D eigenvalue weighted by Crippen LogP contribution is 2.30. The third-order valence-electron chi connectivity index (χ3n) is 5.87. The van der Waals surface area contributed by atoms with Crippen LogP contribution in [0.2, 0.25) is 0 Å². The second-order valence-electron chi connectivity index (χ2n) is 8.63. The van der Waals surface area contributed by atoms with Crippen LogP contribution in [0, 0.1) is 6.92 Å².